The van der Waals surface area contributed by atoms with Crippen molar-refractivity contribution in [2.75, 3.05) is 13.2 Å². The van der Waals surface area contributed by atoms with Gasteiger partial charge < -0.3 is 14.6 Å². The van der Waals surface area contributed by atoms with Crippen molar-refractivity contribution in [3.05, 3.63) is 23.5 Å². The summed E-state index contributed by atoms with van der Waals surface area (Å²) in [6.45, 7) is 2.55. The molecule has 1 aromatic rings. The summed E-state index contributed by atoms with van der Waals surface area (Å²) in [5.74, 6) is 0.0469. The molecule has 0 saturated carbocycles. The van der Waals surface area contributed by atoms with Crippen LogP contribution in [0.1, 0.15) is 25.0 Å². The van der Waals surface area contributed by atoms with E-state index in [2.05, 4.69) is 0 Å². The minimum atomic E-state index is -0.711. The molecule has 0 bridgehead atoms. The maximum atomic E-state index is 13.6. The van der Waals surface area contributed by atoms with Crippen molar-refractivity contribution < 1.29 is 19.0 Å². The Kier molecular flexibility index (Phi) is 2.77. The van der Waals surface area contributed by atoms with Crippen molar-refractivity contribution in [2.24, 2.45) is 0 Å². The number of halogens is 1. The number of hydrogen-bond donors (Lipinski definition) is 1. The van der Waals surface area contributed by atoms with Gasteiger partial charge in [0, 0.05) is 6.42 Å². The van der Waals surface area contributed by atoms with Gasteiger partial charge in [-0.1, -0.05) is 0 Å². The minimum absolute atomic E-state index is 0.150. The SMILES string of the molecule is CC(O)c1cc(F)c2c(c1)OCCCO2. The van der Waals surface area contributed by atoms with Crippen LogP contribution in [0.2, 0.25) is 0 Å². The smallest absolute Gasteiger partial charge is 0.197 e. The van der Waals surface area contributed by atoms with E-state index in [9.17, 15) is 9.50 Å². The van der Waals surface area contributed by atoms with E-state index in [1.807, 2.05) is 0 Å². The Hall–Kier alpha value is -1.29. The van der Waals surface area contributed by atoms with E-state index in [4.69, 9.17) is 9.47 Å². The van der Waals surface area contributed by atoms with E-state index in [0.717, 1.165) is 6.42 Å². The first kappa shape index (κ1) is 10.2. The Bertz CT molecular complexity index is 363. The highest BCUT2D eigenvalue weighted by Gasteiger charge is 2.17. The van der Waals surface area contributed by atoms with Gasteiger partial charge in [0.05, 0.1) is 19.3 Å². The first-order valence-electron chi connectivity index (χ1n) is 4.95. The predicted octanol–water partition coefficient (Wildman–Crippen LogP) is 2.04. The highest BCUT2D eigenvalue weighted by atomic mass is 19.1. The van der Waals surface area contributed by atoms with Crippen LogP contribution >= 0.6 is 0 Å². The van der Waals surface area contributed by atoms with Gasteiger partial charge in [0.25, 0.3) is 0 Å². The van der Waals surface area contributed by atoms with Crippen LogP contribution in [0.5, 0.6) is 11.5 Å². The zero-order valence-corrected chi connectivity index (χ0v) is 8.50. The van der Waals surface area contributed by atoms with Gasteiger partial charge in [-0.15, -0.1) is 0 Å². The number of aliphatic hydroxyl groups excluding tert-OH is 1. The summed E-state index contributed by atoms with van der Waals surface area (Å²) in [6, 6.07) is 2.90. The van der Waals surface area contributed by atoms with E-state index in [1.165, 1.54) is 6.07 Å². The molecular formula is C11H13FO3. The minimum Gasteiger partial charge on any atom is -0.489 e. The molecule has 0 saturated heterocycles. The molecule has 1 heterocycles. The zero-order valence-electron chi connectivity index (χ0n) is 8.50. The average Bonchev–Trinajstić information content (AvgIpc) is 2.42. The normalized spacial score (nSPS) is 17.0. The molecule has 0 amide bonds. The topological polar surface area (TPSA) is 38.7 Å². The quantitative estimate of drug-likeness (QED) is 0.774. The number of ether oxygens (including phenoxy) is 2. The average molecular weight is 212 g/mol. The summed E-state index contributed by atoms with van der Waals surface area (Å²) in [6.07, 6.45) is 0.0228. The molecule has 1 aliphatic rings. The molecule has 0 fully saturated rings. The van der Waals surface area contributed by atoms with E-state index in [0.29, 0.717) is 24.5 Å². The molecule has 1 N–H and O–H groups in total. The van der Waals surface area contributed by atoms with Crippen molar-refractivity contribution in [2.45, 2.75) is 19.4 Å². The molecule has 82 valence electrons. The Balaban J connectivity index is 2.44. The molecule has 2 rings (SSSR count). The second kappa shape index (κ2) is 4.06. The van der Waals surface area contributed by atoms with E-state index in [1.54, 1.807) is 13.0 Å². The maximum Gasteiger partial charge on any atom is 0.197 e. The summed E-state index contributed by atoms with van der Waals surface area (Å²) in [4.78, 5) is 0. The first-order chi connectivity index (χ1) is 7.18. The van der Waals surface area contributed by atoms with Crippen LogP contribution in [-0.4, -0.2) is 18.3 Å². The second-order valence-corrected chi connectivity index (χ2v) is 3.56. The molecule has 0 radical (unpaired) electrons. The van der Waals surface area contributed by atoms with Crippen LogP contribution in [0, 0.1) is 5.82 Å². The van der Waals surface area contributed by atoms with Crippen molar-refractivity contribution in [3.63, 3.8) is 0 Å². The molecule has 15 heavy (non-hydrogen) atoms. The lowest BCUT2D eigenvalue weighted by molar-refractivity contribution is 0.197. The lowest BCUT2D eigenvalue weighted by atomic mass is 10.1. The summed E-state index contributed by atoms with van der Waals surface area (Å²) >= 11 is 0. The molecule has 1 atom stereocenters. The number of rotatable bonds is 1. The van der Waals surface area contributed by atoms with Crippen molar-refractivity contribution in [1.82, 2.24) is 0 Å². The molecule has 0 aromatic heterocycles. The Labute approximate surface area is 87.4 Å². The van der Waals surface area contributed by atoms with E-state index in [-0.39, 0.29) is 5.75 Å². The highest BCUT2D eigenvalue weighted by Crippen LogP contribution is 2.35. The number of aliphatic hydroxyl groups is 1. The third-order valence-electron chi connectivity index (χ3n) is 2.31. The molecule has 1 unspecified atom stereocenters. The zero-order chi connectivity index (χ0) is 10.8. The van der Waals surface area contributed by atoms with Crippen molar-refractivity contribution >= 4 is 0 Å². The standard InChI is InChI=1S/C11H13FO3/c1-7(13)8-5-9(12)11-10(6-8)14-3-2-4-15-11/h5-7,13H,2-4H2,1H3. The van der Waals surface area contributed by atoms with Gasteiger partial charge in [-0.3, -0.25) is 0 Å². The molecule has 0 spiro atoms. The monoisotopic (exact) mass is 212 g/mol. The van der Waals surface area contributed by atoms with Gasteiger partial charge in [-0.25, -0.2) is 4.39 Å². The van der Waals surface area contributed by atoms with Gasteiger partial charge in [0.2, 0.25) is 0 Å². The highest BCUT2D eigenvalue weighted by molar-refractivity contribution is 5.45. The molecular weight excluding hydrogens is 199 g/mol. The summed E-state index contributed by atoms with van der Waals surface area (Å²) < 4.78 is 24.1. The summed E-state index contributed by atoms with van der Waals surface area (Å²) in [5, 5.41) is 9.36. The molecule has 1 aromatic carbocycles. The first-order valence-corrected chi connectivity index (χ1v) is 4.95. The third-order valence-corrected chi connectivity index (χ3v) is 2.31. The number of hydrogen-bond acceptors (Lipinski definition) is 3. The van der Waals surface area contributed by atoms with Gasteiger partial charge >= 0.3 is 0 Å². The van der Waals surface area contributed by atoms with Crippen LogP contribution in [0.4, 0.5) is 4.39 Å². The van der Waals surface area contributed by atoms with Crippen LogP contribution in [0.25, 0.3) is 0 Å². The Morgan fingerprint density at radius 1 is 1.33 bits per heavy atom. The molecule has 3 nitrogen and oxygen atoms in total. The number of fused-ring (bicyclic) bond motifs is 1. The maximum absolute atomic E-state index is 13.6. The fourth-order valence-corrected chi connectivity index (χ4v) is 1.49. The van der Waals surface area contributed by atoms with Gasteiger partial charge in [-0.2, -0.15) is 0 Å². The Morgan fingerprint density at radius 3 is 2.80 bits per heavy atom. The van der Waals surface area contributed by atoms with Gasteiger partial charge in [-0.05, 0) is 24.6 Å². The van der Waals surface area contributed by atoms with E-state index >= 15 is 0 Å². The largest absolute Gasteiger partial charge is 0.489 e. The van der Waals surface area contributed by atoms with Gasteiger partial charge in [0.1, 0.15) is 0 Å². The predicted molar refractivity (Wildman–Crippen MR) is 52.6 cm³/mol. The van der Waals surface area contributed by atoms with Crippen LogP contribution in [-0.2, 0) is 0 Å². The lowest BCUT2D eigenvalue weighted by Crippen LogP contribution is -1.98. The lowest BCUT2D eigenvalue weighted by Gasteiger charge is -2.11. The molecule has 0 aliphatic carbocycles. The van der Waals surface area contributed by atoms with E-state index < -0.39 is 11.9 Å². The third kappa shape index (κ3) is 2.04. The molecule has 1 aliphatic heterocycles. The van der Waals surface area contributed by atoms with Crippen LogP contribution < -0.4 is 9.47 Å². The molecule has 4 heteroatoms. The fourth-order valence-electron chi connectivity index (χ4n) is 1.49. The fraction of sp³-hybridized carbons (Fsp3) is 0.455. The number of benzene rings is 1. The van der Waals surface area contributed by atoms with Crippen LogP contribution in [0.15, 0.2) is 12.1 Å². The summed E-state index contributed by atoms with van der Waals surface area (Å²) in [7, 11) is 0. The summed E-state index contributed by atoms with van der Waals surface area (Å²) in [5.41, 5.74) is 0.497. The van der Waals surface area contributed by atoms with Crippen LogP contribution in [0.3, 0.4) is 0 Å². The van der Waals surface area contributed by atoms with Crippen molar-refractivity contribution in [3.8, 4) is 11.5 Å². The van der Waals surface area contributed by atoms with Gasteiger partial charge in [0.15, 0.2) is 17.3 Å². The van der Waals surface area contributed by atoms with Crippen molar-refractivity contribution in [1.29, 1.82) is 0 Å². The second-order valence-electron chi connectivity index (χ2n) is 3.56. The Morgan fingerprint density at radius 2 is 2.07 bits per heavy atom.